The summed E-state index contributed by atoms with van der Waals surface area (Å²) in [4.78, 5) is 0. The molecule has 0 aliphatic carbocycles. The molecule has 0 aliphatic rings. The van der Waals surface area contributed by atoms with Gasteiger partial charge in [-0.3, -0.25) is 0 Å². The number of hydrogen-bond acceptors (Lipinski definition) is 2. The molecule has 17 heavy (non-hydrogen) atoms. The Bertz CT molecular complexity index is 520. The van der Waals surface area contributed by atoms with Gasteiger partial charge in [-0.25, -0.2) is 0 Å². The van der Waals surface area contributed by atoms with Gasteiger partial charge >= 0.3 is 0 Å². The Labute approximate surface area is 101 Å². The molecular weight excluding hydrogens is 210 g/mol. The van der Waals surface area contributed by atoms with Crippen LogP contribution in [0.5, 0.6) is 5.75 Å². The zero-order valence-corrected chi connectivity index (χ0v) is 9.56. The van der Waals surface area contributed by atoms with E-state index in [0.717, 1.165) is 23.4 Å². The van der Waals surface area contributed by atoms with Crippen LogP contribution in [0.1, 0.15) is 0 Å². The molecule has 0 saturated heterocycles. The van der Waals surface area contributed by atoms with Gasteiger partial charge in [0.25, 0.3) is 0 Å². The molecule has 0 saturated carbocycles. The maximum absolute atomic E-state index is 9.79. The highest BCUT2D eigenvalue weighted by atomic mass is 16.3. The largest absolute Gasteiger partial charge is 0.507 e. The maximum atomic E-state index is 9.79. The van der Waals surface area contributed by atoms with Crippen LogP contribution in [0.2, 0.25) is 0 Å². The van der Waals surface area contributed by atoms with E-state index in [1.54, 1.807) is 6.07 Å². The molecule has 0 atom stereocenters. The van der Waals surface area contributed by atoms with Gasteiger partial charge in [-0.1, -0.05) is 36.4 Å². The van der Waals surface area contributed by atoms with Crippen LogP contribution in [0.3, 0.4) is 0 Å². The molecule has 2 heteroatoms. The molecular formula is C15H15NO. The third kappa shape index (κ3) is 2.67. The fourth-order valence-corrected chi connectivity index (χ4v) is 1.70. The predicted octanol–water partition coefficient (Wildman–Crippen LogP) is 3.66. The van der Waals surface area contributed by atoms with Crippen molar-refractivity contribution in [3.63, 3.8) is 0 Å². The van der Waals surface area contributed by atoms with Crippen LogP contribution < -0.4 is 5.32 Å². The molecule has 2 N–H and O–H groups in total. The Morgan fingerprint density at radius 1 is 1.12 bits per heavy atom. The van der Waals surface area contributed by atoms with Crippen molar-refractivity contribution in [2.24, 2.45) is 0 Å². The summed E-state index contributed by atoms with van der Waals surface area (Å²) in [6.07, 6.45) is 1.81. The Morgan fingerprint density at radius 3 is 2.71 bits per heavy atom. The second-order valence-corrected chi connectivity index (χ2v) is 3.77. The van der Waals surface area contributed by atoms with Crippen LogP contribution in [0.15, 0.2) is 61.2 Å². The molecule has 0 amide bonds. The number of nitrogens with one attached hydrogen (secondary N) is 1. The van der Waals surface area contributed by atoms with Crippen LogP contribution >= 0.6 is 0 Å². The van der Waals surface area contributed by atoms with E-state index in [9.17, 15) is 5.11 Å². The zero-order chi connectivity index (χ0) is 12.1. The highest BCUT2D eigenvalue weighted by Crippen LogP contribution is 2.29. The Balaban J connectivity index is 2.33. The van der Waals surface area contributed by atoms with Gasteiger partial charge < -0.3 is 10.4 Å². The molecule has 0 bridgehead atoms. The van der Waals surface area contributed by atoms with Crippen LogP contribution in [0, 0.1) is 0 Å². The van der Waals surface area contributed by atoms with E-state index in [1.807, 2.05) is 48.5 Å². The summed E-state index contributed by atoms with van der Waals surface area (Å²) >= 11 is 0. The number of anilines is 1. The molecule has 0 unspecified atom stereocenters. The molecule has 2 rings (SSSR count). The molecule has 0 aromatic heterocycles. The summed E-state index contributed by atoms with van der Waals surface area (Å²) in [6, 6.07) is 15.3. The summed E-state index contributed by atoms with van der Waals surface area (Å²) in [5.74, 6) is 0.299. The first-order chi connectivity index (χ1) is 8.31. The fourth-order valence-electron chi connectivity index (χ4n) is 1.70. The van der Waals surface area contributed by atoms with Gasteiger partial charge in [0.05, 0.1) is 0 Å². The number of phenolic OH excluding ortho intramolecular Hbond substituents is 1. The van der Waals surface area contributed by atoms with Gasteiger partial charge in [-0.2, -0.15) is 0 Å². The molecule has 2 aromatic rings. The molecule has 0 heterocycles. The summed E-state index contributed by atoms with van der Waals surface area (Å²) in [5, 5.41) is 13.0. The van der Waals surface area contributed by atoms with Crippen LogP contribution in [0.4, 0.5) is 5.69 Å². The standard InChI is InChI=1S/C15H15NO/c1-2-10-16-13-7-5-6-12(11-13)14-8-3-4-9-15(14)17/h2-9,11,16-17H,1,10H2. The minimum atomic E-state index is 0.299. The smallest absolute Gasteiger partial charge is 0.123 e. The lowest BCUT2D eigenvalue weighted by atomic mass is 10.0. The molecule has 0 fully saturated rings. The lowest BCUT2D eigenvalue weighted by Gasteiger charge is -2.08. The number of rotatable bonds is 4. The van der Waals surface area contributed by atoms with Crippen molar-refractivity contribution in [1.82, 2.24) is 0 Å². The normalized spacial score (nSPS) is 9.88. The summed E-state index contributed by atoms with van der Waals surface area (Å²) in [5.41, 5.74) is 2.86. The number of hydrogen-bond donors (Lipinski definition) is 2. The lowest BCUT2D eigenvalue weighted by molar-refractivity contribution is 0.477. The zero-order valence-electron chi connectivity index (χ0n) is 9.56. The summed E-state index contributed by atoms with van der Waals surface area (Å²) in [6.45, 7) is 4.39. The monoisotopic (exact) mass is 225 g/mol. The van der Waals surface area contributed by atoms with Gasteiger partial charge in [-0.15, -0.1) is 6.58 Å². The minimum Gasteiger partial charge on any atom is -0.507 e. The Hall–Kier alpha value is -2.22. The van der Waals surface area contributed by atoms with Crippen LogP contribution in [0.25, 0.3) is 11.1 Å². The third-order valence-electron chi connectivity index (χ3n) is 2.53. The van der Waals surface area contributed by atoms with Gasteiger partial charge in [-0.05, 0) is 23.8 Å². The van der Waals surface area contributed by atoms with E-state index < -0.39 is 0 Å². The van der Waals surface area contributed by atoms with E-state index >= 15 is 0 Å². The second-order valence-electron chi connectivity index (χ2n) is 3.77. The number of phenols is 1. The Morgan fingerprint density at radius 2 is 1.94 bits per heavy atom. The first kappa shape index (κ1) is 11.3. The SMILES string of the molecule is C=CCNc1cccc(-c2ccccc2O)c1. The van der Waals surface area contributed by atoms with Crippen LogP contribution in [-0.2, 0) is 0 Å². The third-order valence-corrected chi connectivity index (χ3v) is 2.53. The average Bonchev–Trinajstić information content (AvgIpc) is 2.37. The average molecular weight is 225 g/mol. The van der Waals surface area contributed by atoms with Crippen molar-refractivity contribution < 1.29 is 5.11 Å². The number of benzene rings is 2. The van der Waals surface area contributed by atoms with Crippen molar-refractivity contribution >= 4 is 5.69 Å². The first-order valence-electron chi connectivity index (χ1n) is 5.54. The van der Waals surface area contributed by atoms with Gasteiger partial charge in [0.2, 0.25) is 0 Å². The molecule has 0 aliphatic heterocycles. The van der Waals surface area contributed by atoms with Gasteiger partial charge in [0.1, 0.15) is 5.75 Å². The van der Waals surface area contributed by atoms with E-state index in [4.69, 9.17) is 0 Å². The van der Waals surface area contributed by atoms with Gasteiger partial charge in [0, 0.05) is 17.8 Å². The molecule has 2 nitrogen and oxygen atoms in total. The van der Waals surface area contributed by atoms with Gasteiger partial charge in [0.15, 0.2) is 0 Å². The van der Waals surface area contributed by atoms with Crippen LogP contribution in [-0.4, -0.2) is 11.7 Å². The van der Waals surface area contributed by atoms with Crippen molar-refractivity contribution in [2.45, 2.75) is 0 Å². The number of aromatic hydroxyl groups is 1. The predicted molar refractivity (Wildman–Crippen MR) is 72.2 cm³/mol. The van der Waals surface area contributed by atoms with E-state index in [-0.39, 0.29) is 0 Å². The summed E-state index contributed by atoms with van der Waals surface area (Å²) in [7, 11) is 0. The maximum Gasteiger partial charge on any atom is 0.123 e. The number of para-hydroxylation sites is 1. The molecule has 0 spiro atoms. The van der Waals surface area contributed by atoms with Crippen molar-refractivity contribution in [1.29, 1.82) is 0 Å². The van der Waals surface area contributed by atoms with Crippen molar-refractivity contribution in [3.05, 3.63) is 61.2 Å². The minimum absolute atomic E-state index is 0.299. The first-order valence-corrected chi connectivity index (χ1v) is 5.54. The molecule has 86 valence electrons. The topological polar surface area (TPSA) is 32.3 Å². The quantitative estimate of drug-likeness (QED) is 0.778. The highest BCUT2D eigenvalue weighted by Gasteiger charge is 2.03. The van der Waals surface area contributed by atoms with E-state index in [2.05, 4.69) is 11.9 Å². The molecule has 2 aromatic carbocycles. The molecule has 0 radical (unpaired) electrons. The van der Waals surface area contributed by atoms with Crippen molar-refractivity contribution in [3.8, 4) is 16.9 Å². The highest BCUT2D eigenvalue weighted by molar-refractivity contribution is 5.73. The fraction of sp³-hybridized carbons (Fsp3) is 0.0667. The second kappa shape index (κ2) is 5.21. The van der Waals surface area contributed by atoms with E-state index in [1.165, 1.54) is 0 Å². The Kier molecular flexibility index (Phi) is 3.46. The van der Waals surface area contributed by atoms with E-state index in [0.29, 0.717) is 5.75 Å². The lowest BCUT2D eigenvalue weighted by Crippen LogP contribution is -1.97. The van der Waals surface area contributed by atoms with Crippen molar-refractivity contribution in [2.75, 3.05) is 11.9 Å². The summed E-state index contributed by atoms with van der Waals surface area (Å²) < 4.78 is 0.